The van der Waals surface area contributed by atoms with Crippen molar-refractivity contribution < 1.29 is 9.90 Å². The number of phenolic OH excluding ortho intramolecular Hbond substituents is 1. The molecule has 0 radical (unpaired) electrons. The zero-order valence-corrected chi connectivity index (χ0v) is 10.9. The molecular weight excluding hydrogens is 254 g/mol. The van der Waals surface area contributed by atoms with Gasteiger partial charge in [0.1, 0.15) is 5.75 Å². The second-order valence-electron chi connectivity index (χ2n) is 4.52. The Kier molecular flexibility index (Phi) is 2.87. The maximum absolute atomic E-state index is 12.4. The summed E-state index contributed by atoms with van der Waals surface area (Å²) in [6, 6.07) is 11.8. The Morgan fingerprint density at radius 3 is 2.70 bits per heavy atom. The highest BCUT2D eigenvalue weighted by molar-refractivity contribution is 6.07. The van der Waals surface area contributed by atoms with E-state index in [9.17, 15) is 9.90 Å². The lowest BCUT2D eigenvalue weighted by Gasteiger charge is -2.17. The first-order chi connectivity index (χ1) is 9.65. The average molecular weight is 267 g/mol. The fourth-order valence-corrected chi connectivity index (χ4v) is 2.06. The highest BCUT2D eigenvalue weighted by Gasteiger charge is 2.14. The number of phenols is 1. The van der Waals surface area contributed by atoms with Crippen molar-refractivity contribution in [2.45, 2.75) is 0 Å². The van der Waals surface area contributed by atoms with Gasteiger partial charge in [0.25, 0.3) is 5.91 Å². The number of aromatic amines is 1. The third-order valence-electron chi connectivity index (χ3n) is 3.21. The molecule has 0 spiro atoms. The number of carbonyl (C=O) groups is 1. The van der Waals surface area contributed by atoms with Crippen LogP contribution in [-0.4, -0.2) is 28.0 Å². The highest BCUT2D eigenvalue weighted by atomic mass is 16.3. The van der Waals surface area contributed by atoms with Gasteiger partial charge in [-0.05, 0) is 42.5 Å². The smallest absolute Gasteiger partial charge is 0.258 e. The first-order valence-corrected chi connectivity index (χ1v) is 6.15. The van der Waals surface area contributed by atoms with Crippen LogP contribution in [0.5, 0.6) is 5.75 Å². The fraction of sp³-hybridized carbons (Fsp3) is 0.0667. The minimum Gasteiger partial charge on any atom is -0.508 e. The van der Waals surface area contributed by atoms with Crippen molar-refractivity contribution in [3.05, 3.63) is 54.4 Å². The Hall–Kier alpha value is -2.82. The molecule has 0 atom stereocenters. The molecule has 5 nitrogen and oxygen atoms in total. The number of hydrogen-bond acceptors (Lipinski definition) is 3. The summed E-state index contributed by atoms with van der Waals surface area (Å²) in [5, 5.41) is 9.27. The maximum Gasteiger partial charge on any atom is 0.258 e. The molecule has 0 fully saturated rings. The quantitative estimate of drug-likeness (QED) is 0.749. The van der Waals surface area contributed by atoms with Gasteiger partial charge in [0.15, 0.2) is 0 Å². The lowest BCUT2D eigenvalue weighted by molar-refractivity contribution is 0.0993. The molecule has 2 aromatic carbocycles. The minimum atomic E-state index is -0.118. The van der Waals surface area contributed by atoms with Crippen molar-refractivity contribution in [2.75, 3.05) is 11.9 Å². The van der Waals surface area contributed by atoms with Gasteiger partial charge in [-0.2, -0.15) is 0 Å². The topological polar surface area (TPSA) is 69.2 Å². The van der Waals surface area contributed by atoms with E-state index in [1.165, 1.54) is 4.90 Å². The molecule has 1 heterocycles. The molecule has 20 heavy (non-hydrogen) atoms. The largest absolute Gasteiger partial charge is 0.508 e. The van der Waals surface area contributed by atoms with Crippen LogP contribution in [0, 0.1) is 0 Å². The van der Waals surface area contributed by atoms with E-state index in [2.05, 4.69) is 9.97 Å². The first-order valence-electron chi connectivity index (χ1n) is 6.15. The zero-order chi connectivity index (χ0) is 14.1. The number of amides is 1. The van der Waals surface area contributed by atoms with Crippen LogP contribution < -0.4 is 4.90 Å². The predicted molar refractivity (Wildman–Crippen MR) is 76.9 cm³/mol. The van der Waals surface area contributed by atoms with Crippen LogP contribution >= 0.6 is 0 Å². The van der Waals surface area contributed by atoms with Crippen LogP contribution in [-0.2, 0) is 0 Å². The molecule has 0 aliphatic heterocycles. The van der Waals surface area contributed by atoms with Gasteiger partial charge in [0.05, 0.1) is 17.4 Å². The number of hydrogen-bond donors (Lipinski definition) is 2. The number of benzene rings is 2. The van der Waals surface area contributed by atoms with Gasteiger partial charge in [0, 0.05) is 18.3 Å². The Balaban J connectivity index is 1.92. The molecule has 0 aliphatic rings. The van der Waals surface area contributed by atoms with Gasteiger partial charge in [-0.3, -0.25) is 4.79 Å². The second kappa shape index (κ2) is 4.70. The summed E-state index contributed by atoms with van der Waals surface area (Å²) in [4.78, 5) is 21.1. The number of nitrogens with one attached hydrogen (secondary N) is 1. The zero-order valence-electron chi connectivity index (χ0n) is 10.9. The Morgan fingerprint density at radius 1 is 1.20 bits per heavy atom. The van der Waals surface area contributed by atoms with Gasteiger partial charge in [-0.15, -0.1) is 0 Å². The van der Waals surface area contributed by atoms with Gasteiger partial charge in [-0.25, -0.2) is 4.98 Å². The molecule has 0 saturated carbocycles. The molecule has 3 rings (SSSR count). The monoisotopic (exact) mass is 267 g/mol. The minimum absolute atomic E-state index is 0.118. The molecule has 5 heteroatoms. The summed E-state index contributed by atoms with van der Waals surface area (Å²) >= 11 is 0. The van der Waals surface area contributed by atoms with E-state index < -0.39 is 0 Å². The van der Waals surface area contributed by atoms with Crippen LogP contribution in [0.15, 0.2) is 48.8 Å². The number of aromatic hydroxyl groups is 1. The molecule has 0 unspecified atom stereocenters. The lowest BCUT2D eigenvalue weighted by atomic mass is 10.1. The van der Waals surface area contributed by atoms with E-state index in [1.54, 1.807) is 49.8 Å². The predicted octanol–water partition coefficient (Wildman–Crippen LogP) is 2.55. The number of H-pyrrole nitrogens is 1. The fourth-order valence-electron chi connectivity index (χ4n) is 2.06. The summed E-state index contributed by atoms with van der Waals surface area (Å²) < 4.78 is 0. The molecule has 0 saturated heterocycles. The standard InChI is InChI=1S/C15H13N3O2/c1-18(11-3-5-12(19)6-4-11)15(20)10-2-7-13-14(8-10)17-9-16-13/h2-9,19H,1H3,(H,16,17). The first kappa shape index (κ1) is 12.2. The lowest BCUT2D eigenvalue weighted by Crippen LogP contribution is -2.26. The molecule has 1 aromatic heterocycles. The number of rotatable bonds is 2. The van der Waals surface area contributed by atoms with Gasteiger partial charge < -0.3 is 15.0 Å². The number of fused-ring (bicyclic) bond motifs is 1. The van der Waals surface area contributed by atoms with Crippen molar-refractivity contribution in [3.63, 3.8) is 0 Å². The average Bonchev–Trinajstić information content (AvgIpc) is 2.94. The van der Waals surface area contributed by atoms with E-state index >= 15 is 0 Å². The van der Waals surface area contributed by atoms with Crippen LogP contribution in [0.2, 0.25) is 0 Å². The molecule has 0 aliphatic carbocycles. The number of nitrogens with zero attached hydrogens (tertiary/aromatic N) is 2. The summed E-state index contributed by atoms with van der Waals surface area (Å²) in [6.07, 6.45) is 1.60. The van der Waals surface area contributed by atoms with E-state index in [-0.39, 0.29) is 11.7 Å². The van der Waals surface area contributed by atoms with Crippen molar-refractivity contribution in [3.8, 4) is 5.75 Å². The van der Waals surface area contributed by atoms with E-state index in [0.29, 0.717) is 5.56 Å². The summed E-state index contributed by atoms with van der Waals surface area (Å²) in [7, 11) is 1.70. The maximum atomic E-state index is 12.4. The van der Waals surface area contributed by atoms with Crippen molar-refractivity contribution in [1.29, 1.82) is 0 Å². The van der Waals surface area contributed by atoms with Crippen LogP contribution in [0.25, 0.3) is 11.0 Å². The summed E-state index contributed by atoms with van der Waals surface area (Å²) in [5.41, 5.74) is 2.96. The summed E-state index contributed by atoms with van der Waals surface area (Å²) in [6.45, 7) is 0. The number of imidazole rings is 1. The van der Waals surface area contributed by atoms with Crippen LogP contribution in [0.3, 0.4) is 0 Å². The third-order valence-corrected chi connectivity index (χ3v) is 3.21. The molecule has 1 amide bonds. The van der Waals surface area contributed by atoms with Gasteiger partial charge in [-0.1, -0.05) is 0 Å². The Bertz CT molecular complexity index is 762. The van der Waals surface area contributed by atoms with Gasteiger partial charge in [0.2, 0.25) is 0 Å². The van der Waals surface area contributed by atoms with E-state index in [1.807, 2.05) is 6.07 Å². The number of aromatic nitrogens is 2. The Morgan fingerprint density at radius 2 is 1.95 bits per heavy atom. The SMILES string of the molecule is CN(C(=O)c1ccc2nc[nH]c2c1)c1ccc(O)cc1. The van der Waals surface area contributed by atoms with E-state index in [0.717, 1.165) is 16.7 Å². The van der Waals surface area contributed by atoms with Crippen molar-refractivity contribution in [1.82, 2.24) is 9.97 Å². The number of carbonyl (C=O) groups excluding carboxylic acids is 1. The highest BCUT2D eigenvalue weighted by Crippen LogP contribution is 2.20. The molecular formula is C15H13N3O2. The summed E-state index contributed by atoms with van der Waals surface area (Å²) in [5.74, 6) is 0.0562. The van der Waals surface area contributed by atoms with Gasteiger partial charge >= 0.3 is 0 Å². The third kappa shape index (κ3) is 2.09. The van der Waals surface area contributed by atoms with Crippen LogP contribution in [0.4, 0.5) is 5.69 Å². The van der Waals surface area contributed by atoms with E-state index in [4.69, 9.17) is 0 Å². The molecule has 2 N–H and O–H groups in total. The second-order valence-corrected chi connectivity index (χ2v) is 4.52. The van der Waals surface area contributed by atoms with Crippen LogP contribution in [0.1, 0.15) is 10.4 Å². The van der Waals surface area contributed by atoms with Crippen molar-refractivity contribution >= 4 is 22.6 Å². The molecule has 100 valence electrons. The molecule has 3 aromatic rings. The Labute approximate surface area is 115 Å². The number of anilines is 1. The normalized spacial score (nSPS) is 10.7. The molecule has 0 bridgehead atoms. The van der Waals surface area contributed by atoms with Crippen molar-refractivity contribution in [2.24, 2.45) is 0 Å².